The van der Waals surface area contributed by atoms with E-state index in [1.54, 1.807) is 7.11 Å². The lowest BCUT2D eigenvalue weighted by Gasteiger charge is -2.18. The number of nitrogens with zero attached hydrogens (tertiary/aromatic N) is 1. The topological polar surface area (TPSA) is 140 Å². The molecule has 1 amide bonds. The predicted molar refractivity (Wildman–Crippen MR) is 124 cm³/mol. The van der Waals surface area contributed by atoms with Crippen molar-refractivity contribution in [1.29, 1.82) is 0 Å². The van der Waals surface area contributed by atoms with Crippen molar-refractivity contribution >= 4 is 23.7 Å². The first-order valence-corrected chi connectivity index (χ1v) is 11.0. The molecule has 0 aromatic heterocycles. The number of aliphatic carboxylic acids is 2. The molecular weight excluding hydrogens is 456 g/mol. The molecule has 1 aliphatic rings. The molecule has 1 aliphatic heterocycles. The molecule has 1 atom stereocenters. The van der Waals surface area contributed by atoms with Crippen LogP contribution in [0.2, 0.25) is 0 Å². The highest BCUT2D eigenvalue weighted by molar-refractivity contribution is 5.87. The summed E-state index contributed by atoms with van der Waals surface area (Å²) in [4.78, 5) is 32.9. The number of para-hydroxylation sites is 3. The standard InChI is InChI=1S/C21H26N2O4.C4H4O4/c1-25-19-10-5-6-11-20(19)27-18-12-14-23(16-18)13-7-15-26-21(24)22-17-8-3-2-4-9-17;5-3(6)1-2-4(7)8/h2-6,8-11,18H,7,12-16H2,1H3,(H,22,24);1-2H,(H,5,6)(H,7,8)/p-2. The summed E-state index contributed by atoms with van der Waals surface area (Å²) in [6, 6.07) is 17.0. The average molecular weight is 485 g/mol. The summed E-state index contributed by atoms with van der Waals surface area (Å²) in [5, 5.41) is 21.5. The maximum Gasteiger partial charge on any atom is 0.411 e. The van der Waals surface area contributed by atoms with Crippen molar-refractivity contribution in [3.8, 4) is 11.5 Å². The first-order chi connectivity index (χ1) is 16.9. The lowest BCUT2D eigenvalue weighted by atomic mass is 10.3. The first kappa shape index (κ1) is 27.2. The summed E-state index contributed by atoms with van der Waals surface area (Å²) in [6.07, 6.45) is 2.28. The number of nitrogens with one attached hydrogen (secondary N) is 1. The van der Waals surface area contributed by atoms with Crippen LogP contribution in [-0.4, -0.2) is 62.4 Å². The van der Waals surface area contributed by atoms with Crippen LogP contribution < -0.4 is 25.0 Å². The molecule has 1 fully saturated rings. The van der Waals surface area contributed by atoms with Gasteiger partial charge in [0.25, 0.3) is 0 Å². The number of carboxylic acid groups (broad SMARTS) is 2. The molecule has 0 saturated carbocycles. The number of hydrogen-bond acceptors (Lipinski definition) is 9. The van der Waals surface area contributed by atoms with Gasteiger partial charge in [0, 0.05) is 25.3 Å². The maximum absolute atomic E-state index is 11.7. The molecule has 0 aliphatic carbocycles. The van der Waals surface area contributed by atoms with E-state index in [0.29, 0.717) is 18.8 Å². The monoisotopic (exact) mass is 484 g/mol. The highest BCUT2D eigenvalue weighted by Crippen LogP contribution is 2.28. The third-order valence-corrected chi connectivity index (χ3v) is 4.82. The number of hydrogen-bond donors (Lipinski definition) is 1. The van der Waals surface area contributed by atoms with E-state index in [1.807, 2.05) is 54.6 Å². The van der Waals surface area contributed by atoms with Crippen molar-refractivity contribution in [2.75, 3.05) is 38.7 Å². The average Bonchev–Trinajstić information content (AvgIpc) is 3.29. The van der Waals surface area contributed by atoms with Crippen LogP contribution in [0.15, 0.2) is 66.7 Å². The number of benzene rings is 2. The van der Waals surface area contributed by atoms with Crippen LogP contribution in [0.5, 0.6) is 11.5 Å². The van der Waals surface area contributed by atoms with Crippen molar-refractivity contribution in [2.45, 2.75) is 18.9 Å². The van der Waals surface area contributed by atoms with Crippen LogP contribution in [0.1, 0.15) is 12.8 Å². The summed E-state index contributed by atoms with van der Waals surface area (Å²) in [5.41, 5.74) is 0.735. The van der Waals surface area contributed by atoms with Gasteiger partial charge in [0.2, 0.25) is 0 Å². The Hall–Kier alpha value is -4.05. The van der Waals surface area contributed by atoms with E-state index in [2.05, 4.69) is 10.2 Å². The largest absolute Gasteiger partial charge is 0.545 e. The zero-order chi connectivity index (χ0) is 25.5. The zero-order valence-corrected chi connectivity index (χ0v) is 19.4. The van der Waals surface area contributed by atoms with Gasteiger partial charge >= 0.3 is 6.09 Å². The van der Waals surface area contributed by atoms with Crippen molar-refractivity contribution in [1.82, 2.24) is 4.90 Å². The molecule has 35 heavy (non-hydrogen) atoms. The summed E-state index contributed by atoms with van der Waals surface area (Å²) in [7, 11) is 1.65. The molecule has 10 nitrogen and oxygen atoms in total. The minimum Gasteiger partial charge on any atom is -0.545 e. The van der Waals surface area contributed by atoms with Gasteiger partial charge in [-0.05, 0) is 49.3 Å². The summed E-state index contributed by atoms with van der Waals surface area (Å²) >= 11 is 0. The molecule has 0 spiro atoms. The molecule has 3 rings (SSSR count). The van der Waals surface area contributed by atoms with Crippen molar-refractivity contribution in [3.63, 3.8) is 0 Å². The summed E-state index contributed by atoms with van der Waals surface area (Å²) in [5.74, 6) is -1.55. The third-order valence-electron chi connectivity index (χ3n) is 4.82. The highest BCUT2D eigenvalue weighted by atomic mass is 16.5. The van der Waals surface area contributed by atoms with E-state index in [9.17, 15) is 24.6 Å². The smallest absolute Gasteiger partial charge is 0.411 e. The van der Waals surface area contributed by atoms with E-state index >= 15 is 0 Å². The fourth-order valence-corrected chi connectivity index (χ4v) is 3.26. The SMILES string of the molecule is COc1ccccc1OC1CCN(CCCOC(=O)Nc2ccccc2)C1.O=C([O-])C=CC(=O)[O-]. The molecule has 1 heterocycles. The number of ether oxygens (including phenoxy) is 3. The van der Waals surface area contributed by atoms with Crippen molar-refractivity contribution < 1.29 is 38.8 Å². The van der Waals surface area contributed by atoms with E-state index in [0.717, 1.165) is 49.7 Å². The van der Waals surface area contributed by atoms with Crippen LogP contribution in [-0.2, 0) is 14.3 Å². The predicted octanol–water partition coefficient (Wildman–Crippen LogP) is 0.830. The number of carbonyl (C=O) groups is 3. The Kier molecular flexibility index (Phi) is 11.6. The van der Waals surface area contributed by atoms with Gasteiger partial charge in [-0.3, -0.25) is 10.2 Å². The molecular formula is C25H28N2O8-2. The van der Waals surface area contributed by atoms with E-state index < -0.39 is 18.0 Å². The van der Waals surface area contributed by atoms with Gasteiger partial charge in [0.1, 0.15) is 6.10 Å². The van der Waals surface area contributed by atoms with Crippen LogP contribution in [0.3, 0.4) is 0 Å². The number of likely N-dealkylation sites (tertiary alicyclic amines) is 1. The summed E-state index contributed by atoms with van der Waals surface area (Å²) < 4.78 is 16.6. The molecule has 0 radical (unpaired) electrons. The minimum atomic E-state index is -1.55. The van der Waals surface area contributed by atoms with E-state index in [4.69, 9.17) is 14.2 Å². The first-order valence-electron chi connectivity index (χ1n) is 11.0. The summed E-state index contributed by atoms with van der Waals surface area (Å²) in [6.45, 7) is 3.13. The van der Waals surface area contributed by atoms with Gasteiger partial charge in [-0.25, -0.2) is 4.79 Å². The molecule has 1 unspecified atom stereocenters. The highest BCUT2D eigenvalue weighted by Gasteiger charge is 2.24. The van der Waals surface area contributed by atoms with Crippen LogP contribution >= 0.6 is 0 Å². The van der Waals surface area contributed by atoms with Crippen LogP contribution in [0.4, 0.5) is 10.5 Å². The number of anilines is 1. The number of rotatable bonds is 10. The molecule has 1 saturated heterocycles. The second kappa shape index (κ2) is 15.0. The fraction of sp³-hybridized carbons (Fsp3) is 0.320. The molecule has 0 bridgehead atoms. The Morgan fingerprint density at radius 1 is 1.00 bits per heavy atom. The Balaban J connectivity index is 0.000000466. The fourth-order valence-electron chi connectivity index (χ4n) is 3.26. The molecule has 1 N–H and O–H groups in total. The normalized spacial score (nSPS) is 15.1. The Labute approximate surface area is 203 Å². The molecule has 10 heteroatoms. The lowest BCUT2D eigenvalue weighted by molar-refractivity contribution is -0.301. The number of amides is 1. The van der Waals surface area contributed by atoms with Gasteiger partial charge < -0.3 is 34.0 Å². The van der Waals surface area contributed by atoms with Gasteiger partial charge in [0.15, 0.2) is 11.5 Å². The van der Waals surface area contributed by atoms with E-state index in [-0.39, 0.29) is 6.10 Å². The number of carboxylic acids is 2. The molecule has 2 aromatic carbocycles. The van der Waals surface area contributed by atoms with Crippen LogP contribution in [0, 0.1) is 0 Å². The van der Waals surface area contributed by atoms with E-state index in [1.165, 1.54) is 0 Å². The molecule has 188 valence electrons. The Morgan fingerprint density at radius 2 is 1.63 bits per heavy atom. The maximum atomic E-state index is 11.7. The molecule has 2 aromatic rings. The van der Waals surface area contributed by atoms with Gasteiger partial charge in [0.05, 0.1) is 25.7 Å². The van der Waals surface area contributed by atoms with Crippen molar-refractivity contribution in [3.05, 3.63) is 66.7 Å². The van der Waals surface area contributed by atoms with Gasteiger partial charge in [-0.1, -0.05) is 30.3 Å². The van der Waals surface area contributed by atoms with Gasteiger partial charge in [-0.2, -0.15) is 0 Å². The minimum absolute atomic E-state index is 0.156. The zero-order valence-electron chi connectivity index (χ0n) is 19.4. The quantitative estimate of drug-likeness (QED) is 0.383. The third kappa shape index (κ3) is 11.1. The van der Waals surface area contributed by atoms with Crippen molar-refractivity contribution in [2.24, 2.45) is 0 Å². The van der Waals surface area contributed by atoms with Gasteiger partial charge in [-0.15, -0.1) is 0 Å². The number of methoxy groups -OCH3 is 1. The second-order valence-electron chi connectivity index (χ2n) is 7.43. The lowest BCUT2D eigenvalue weighted by Crippen LogP contribution is -2.27. The second-order valence-corrected chi connectivity index (χ2v) is 7.43. The number of carbonyl (C=O) groups excluding carboxylic acids is 3. The van der Waals surface area contributed by atoms with Crippen LogP contribution in [0.25, 0.3) is 0 Å². The Bertz CT molecular complexity index is 964. The Morgan fingerprint density at radius 3 is 2.26 bits per heavy atom.